The molecule has 0 saturated carbocycles. The summed E-state index contributed by atoms with van der Waals surface area (Å²) in [7, 11) is -4.52. The molecule has 6 rings (SSSR count). The number of rotatable bonds is 6. The molecule has 1 amide bonds. The lowest BCUT2D eigenvalue weighted by molar-refractivity contribution is 0.0949. The number of pyridine rings is 3. The third kappa shape index (κ3) is 5.02. The number of hydrogen-bond acceptors (Lipinski definition) is 10. The molecule has 3 aromatic heterocycles. The third-order valence-electron chi connectivity index (χ3n) is 6.79. The van der Waals surface area contributed by atoms with E-state index < -0.39 is 44.1 Å². The maximum atomic E-state index is 14.7. The highest BCUT2D eigenvalue weighted by molar-refractivity contribution is 7.92. The van der Waals surface area contributed by atoms with Crippen molar-refractivity contribution in [3.63, 3.8) is 0 Å². The zero-order valence-corrected chi connectivity index (χ0v) is 23.2. The molecule has 0 bridgehead atoms. The number of nitrogens with one attached hydrogen (secondary N) is 1. The van der Waals surface area contributed by atoms with E-state index in [1.165, 1.54) is 0 Å². The van der Waals surface area contributed by atoms with Gasteiger partial charge in [0, 0.05) is 35.8 Å². The number of fused-ring (bicyclic) bond motifs is 3. The predicted molar refractivity (Wildman–Crippen MR) is 147 cm³/mol. The smallest absolute Gasteiger partial charge is 0.251 e. The van der Waals surface area contributed by atoms with E-state index >= 15 is 0 Å². The van der Waals surface area contributed by atoms with E-state index in [0.717, 1.165) is 17.5 Å². The second-order valence-electron chi connectivity index (χ2n) is 9.49. The Kier molecular flexibility index (Phi) is 7.22. The van der Waals surface area contributed by atoms with Gasteiger partial charge in [-0.05, 0) is 37.3 Å². The first-order valence-corrected chi connectivity index (χ1v) is 14.7. The van der Waals surface area contributed by atoms with Crippen molar-refractivity contribution in [1.29, 1.82) is 0 Å². The molecular weight excluding hydrogens is 572 g/mol. The van der Waals surface area contributed by atoms with Gasteiger partial charge in [0.25, 0.3) is 5.91 Å². The van der Waals surface area contributed by atoms with Crippen molar-refractivity contribution in [3.8, 4) is 17.2 Å². The quantitative estimate of drug-likeness (QED) is 0.349. The summed E-state index contributed by atoms with van der Waals surface area (Å²) in [6.45, 7) is 2.93. The molecule has 2 aliphatic rings. The van der Waals surface area contributed by atoms with Crippen molar-refractivity contribution >= 4 is 38.3 Å². The normalized spacial score (nSPS) is 17.3. The molecule has 1 aromatic carbocycles. The average Bonchev–Trinajstić information content (AvgIpc) is 3.10. The van der Waals surface area contributed by atoms with E-state index in [1.54, 1.807) is 24.5 Å². The number of alkyl halides is 1. The summed E-state index contributed by atoms with van der Waals surface area (Å²) < 4.78 is 70.6. The van der Waals surface area contributed by atoms with Crippen molar-refractivity contribution < 1.29 is 36.2 Å². The second-order valence-corrected chi connectivity index (χ2v) is 11.5. The Morgan fingerprint density at radius 2 is 1.98 bits per heavy atom. The molecule has 0 fully saturated rings. The number of amides is 1. The van der Waals surface area contributed by atoms with E-state index in [9.17, 15) is 22.0 Å². The van der Waals surface area contributed by atoms with Gasteiger partial charge in [0.1, 0.15) is 17.3 Å². The zero-order chi connectivity index (χ0) is 29.4. The van der Waals surface area contributed by atoms with Gasteiger partial charge in [0.2, 0.25) is 21.1 Å². The molecule has 1 N–H and O–H groups in total. The third-order valence-corrected chi connectivity index (χ3v) is 8.62. The minimum Gasteiger partial charge on any atom is -0.490 e. The lowest BCUT2D eigenvalue weighted by atomic mass is 10.2. The number of halogens is 2. The molecule has 0 aliphatic carbocycles. The van der Waals surface area contributed by atoms with Crippen LogP contribution in [0.15, 0.2) is 53.7 Å². The van der Waals surface area contributed by atoms with Crippen LogP contribution in [0, 0.1) is 5.82 Å². The first-order valence-electron chi connectivity index (χ1n) is 13.2. The van der Waals surface area contributed by atoms with Gasteiger partial charge >= 0.3 is 0 Å². The van der Waals surface area contributed by atoms with Crippen LogP contribution in [-0.2, 0) is 16.4 Å². The first kappa shape index (κ1) is 27.6. The number of carbonyl (C=O) groups is 1. The fourth-order valence-corrected chi connectivity index (χ4v) is 6.14. The van der Waals surface area contributed by atoms with Gasteiger partial charge in [-0.2, -0.15) is 0 Å². The Morgan fingerprint density at radius 1 is 1.14 bits per heavy atom. The Morgan fingerprint density at radius 3 is 2.81 bits per heavy atom. The highest BCUT2D eigenvalue weighted by atomic mass is 32.2. The molecule has 0 spiro atoms. The predicted octanol–water partition coefficient (Wildman–Crippen LogP) is 3.87. The number of ether oxygens (including phenoxy) is 3. The number of aromatic nitrogens is 3. The summed E-state index contributed by atoms with van der Waals surface area (Å²) in [5, 5.41) is 3.36. The van der Waals surface area contributed by atoms with Crippen LogP contribution in [0.25, 0.3) is 10.9 Å². The molecule has 0 saturated heterocycles. The fraction of sp³-hybridized carbons (Fsp3) is 0.286. The van der Waals surface area contributed by atoms with Gasteiger partial charge in [0.15, 0.2) is 23.1 Å². The van der Waals surface area contributed by atoms with Gasteiger partial charge in [-0.1, -0.05) is 0 Å². The van der Waals surface area contributed by atoms with E-state index in [1.807, 2.05) is 24.0 Å². The molecule has 14 heteroatoms. The molecule has 42 heavy (non-hydrogen) atoms. The number of hydrogen-bond donors (Lipinski definition) is 1. The van der Waals surface area contributed by atoms with E-state index in [2.05, 4.69) is 15.3 Å². The van der Waals surface area contributed by atoms with Gasteiger partial charge in [0.05, 0.1) is 37.5 Å². The summed E-state index contributed by atoms with van der Waals surface area (Å²) >= 11 is 0. The number of benzene rings is 1. The highest BCUT2D eigenvalue weighted by Crippen LogP contribution is 2.41. The van der Waals surface area contributed by atoms with Gasteiger partial charge < -0.3 is 24.4 Å². The van der Waals surface area contributed by atoms with Gasteiger partial charge in [-0.15, -0.1) is 0 Å². The number of anilines is 2. The van der Waals surface area contributed by atoms with Gasteiger partial charge in [-0.25, -0.2) is 27.2 Å². The van der Waals surface area contributed by atoms with Crippen LogP contribution in [0.4, 0.5) is 20.4 Å². The summed E-state index contributed by atoms with van der Waals surface area (Å²) in [4.78, 5) is 27.7. The van der Waals surface area contributed by atoms with Crippen LogP contribution in [0.2, 0.25) is 0 Å². The number of sulfone groups is 1. The van der Waals surface area contributed by atoms with E-state index in [-0.39, 0.29) is 18.7 Å². The minimum absolute atomic E-state index is 0.0615. The Balaban J connectivity index is 1.23. The monoisotopic (exact) mass is 597 g/mol. The SMILES string of the molecule is CCOc1ccnc2c1OCCN2c1ccc2cnc(CNC(=O)c3cc(F)c4c(c3)S(=O)(=O)[C@@H](F)CCO4)cc2n1. The van der Waals surface area contributed by atoms with Crippen molar-refractivity contribution in [2.24, 2.45) is 0 Å². The first-order chi connectivity index (χ1) is 20.3. The summed E-state index contributed by atoms with van der Waals surface area (Å²) in [6.07, 6.45) is 2.81. The molecule has 5 heterocycles. The molecule has 4 aromatic rings. The van der Waals surface area contributed by atoms with E-state index in [0.29, 0.717) is 54.1 Å². The van der Waals surface area contributed by atoms with Crippen LogP contribution < -0.4 is 24.4 Å². The molecule has 0 unspecified atom stereocenters. The Bertz CT molecular complexity index is 1810. The van der Waals surface area contributed by atoms with Crippen LogP contribution in [0.5, 0.6) is 17.2 Å². The molecule has 0 radical (unpaired) electrons. The van der Waals surface area contributed by atoms with Crippen molar-refractivity contribution in [2.75, 3.05) is 31.3 Å². The molecule has 11 nitrogen and oxygen atoms in total. The summed E-state index contributed by atoms with van der Waals surface area (Å²) in [6, 6.07) is 8.95. The molecule has 1 atom stereocenters. The fourth-order valence-electron chi connectivity index (χ4n) is 4.75. The Labute approximate surface area is 239 Å². The molecule has 2 aliphatic heterocycles. The maximum Gasteiger partial charge on any atom is 0.251 e. The molecule has 218 valence electrons. The van der Waals surface area contributed by atoms with E-state index in [4.69, 9.17) is 19.2 Å². The lowest BCUT2D eigenvalue weighted by Crippen LogP contribution is -2.30. The van der Waals surface area contributed by atoms with Crippen molar-refractivity contribution in [3.05, 3.63) is 65.9 Å². The second kappa shape index (κ2) is 11.0. The number of carbonyl (C=O) groups excluding carboxylic acids is 1. The van der Waals surface area contributed by atoms with Gasteiger partial charge in [-0.3, -0.25) is 9.78 Å². The summed E-state index contributed by atoms with van der Waals surface area (Å²) in [5.74, 6) is -0.0679. The Hall–Kier alpha value is -4.59. The maximum absolute atomic E-state index is 14.7. The summed E-state index contributed by atoms with van der Waals surface area (Å²) in [5.41, 5.74) is -1.49. The largest absolute Gasteiger partial charge is 0.490 e. The van der Waals surface area contributed by atoms with Crippen LogP contribution in [-0.4, -0.2) is 61.1 Å². The van der Waals surface area contributed by atoms with Crippen molar-refractivity contribution in [2.45, 2.75) is 30.3 Å². The minimum atomic E-state index is -4.52. The average molecular weight is 598 g/mol. The topological polar surface area (TPSA) is 133 Å². The van der Waals surface area contributed by atoms with Crippen LogP contribution in [0.1, 0.15) is 29.4 Å². The molecular formula is C28H25F2N5O6S. The van der Waals surface area contributed by atoms with Crippen LogP contribution >= 0.6 is 0 Å². The highest BCUT2D eigenvalue weighted by Gasteiger charge is 2.35. The number of nitrogens with zero attached hydrogens (tertiary/aromatic N) is 4. The van der Waals surface area contributed by atoms with Crippen LogP contribution in [0.3, 0.4) is 0 Å². The zero-order valence-electron chi connectivity index (χ0n) is 22.3. The van der Waals surface area contributed by atoms with Crippen molar-refractivity contribution in [1.82, 2.24) is 20.3 Å². The lowest BCUT2D eigenvalue weighted by Gasteiger charge is -2.30. The standard InChI is InChI=1S/C28H25F2N5O6S/c1-2-39-21-5-7-31-27-26(21)41-10-8-35(27)24-4-3-16-14-32-18(13-20(16)34-24)15-33-28(36)17-11-19(29)25-22(12-17)42(37,38)23(30)6-9-40-25/h3-5,7,11-14,23H,2,6,8-10,15H2,1H3,(H,33,36)/t23-/m1/s1.